The SMILES string of the molecule is CCOC(=O)[C@H](Cc1ccc(N=Cc2cccc(O)c2)cc1)N1C(=O)c2ccccc2C1=O. The minimum atomic E-state index is -1.07. The molecular formula is C26H22N2O5. The van der Waals surface area contributed by atoms with Crippen molar-refractivity contribution in [3.8, 4) is 5.75 Å². The van der Waals surface area contributed by atoms with Crippen molar-refractivity contribution < 1.29 is 24.2 Å². The number of amides is 2. The zero-order chi connectivity index (χ0) is 23.4. The van der Waals surface area contributed by atoms with Crippen LogP contribution in [0, 0.1) is 0 Å². The third kappa shape index (κ3) is 4.67. The van der Waals surface area contributed by atoms with Gasteiger partial charge in [-0.1, -0.05) is 36.4 Å². The second-order valence-electron chi connectivity index (χ2n) is 7.52. The molecule has 0 fully saturated rings. The fourth-order valence-corrected chi connectivity index (χ4v) is 3.70. The monoisotopic (exact) mass is 442 g/mol. The maximum atomic E-state index is 12.9. The molecule has 7 nitrogen and oxygen atoms in total. The number of imide groups is 1. The predicted octanol–water partition coefficient (Wildman–Crippen LogP) is 3.91. The van der Waals surface area contributed by atoms with Gasteiger partial charge in [0.05, 0.1) is 23.4 Å². The van der Waals surface area contributed by atoms with E-state index in [9.17, 15) is 19.5 Å². The van der Waals surface area contributed by atoms with Crippen LogP contribution in [0.5, 0.6) is 5.75 Å². The zero-order valence-electron chi connectivity index (χ0n) is 18.0. The fraction of sp³-hybridized carbons (Fsp3) is 0.154. The van der Waals surface area contributed by atoms with Crippen molar-refractivity contribution in [3.63, 3.8) is 0 Å². The van der Waals surface area contributed by atoms with Crippen LogP contribution >= 0.6 is 0 Å². The van der Waals surface area contributed by atoms with Gasteiger partial charge in [-0.3, -0.25) is 19.5 Å². The van der Waals surface area contributed by atoms with Gasteiger partial charge in [0, 0.05) is 12.6 Å². The molecule has 0 saturated heterocycles. The Bertz CT molecular complexity index is 1200. The number of phenols is 1. The average molecular weight is 442 g/mol. The van der Waals surface area contributed by atoms with Crippen LogP contribution in [0.15, 0.2) is 77.8 Å². The normalized spacial score (nSPS) is 13.9. The largest absolute Gasteiger partial charge is 0.508 e. The lowest BCUT2D eigenvalue weighted by Gasteiger charge is -2.24. The van der Waals surface area contributed by atoms with Gasteiger partial charge in [0.15, 0.2) is 0 Å². The highest BCUT2D eigenvalue weighted by Crippen LogP contribution is 2.27. The predicted molar refractivity (Wildman–Crippen MR) is 123 cm³/mol. The molecule has 2 amide bonds. The molecule has 0 spiro atoms. The number of hydrogen-bond acceptors (Lipinski definition) is 6. The van der Waals surface area contributed by atoms with Crippen LogP contribution in [0.3, 0.4) is 0 Å². The lowest BCUT2D eigenvalue weighted by molar-refractivity contribution is -0.147. The van der Waals surface area contributed by atoms with Crippen LogP contribution in [0.1, 0.15) is 38.8 Å². The first-order chi connectivity index (χ1) is 16.0. The minimum absolute atomic E-state index is 0.126. The standard InChI is InChI=1S/C26H22N2O5/c1-2-33-26(32)23(28-24(30)21-8-3-4-9-22(21)25(28)31)15-17-10-12-19(13-11-17)27-16-18-6-5-7-20(29)14-18/h3-14,16,23,29H,2,15H2,1H3/t23-/m0/s1. The number of nitrogens with zero attached hydrogens (tertiary/aromatic N) is 2. The summed E-state index contributed by atoms with van der Waals surface area (Å²) in [6, 6.07) is 19.3. The van der Waals surface area contributed by atoms with Gasteiger partial charge in [-0.05, 0) is 54.4 Å². The fourth-order valence-electron chi connectivity index (χ4n) is 3.70. The zero-order valence-corrected chi connectivity index (χ0v) is 18.0. The molecular weight excluding hydrogens is 420 g/mol. The summed E-state index contributed by atoms with van der Waals surface area (Å²) in [5.74, 6) is -1.47. The highest BCUT2D eigenvalue weighted by molar-refractivity contribution is 6.22. The molecule has 7 heteroatoms. The Balaban J connectivity index is 1.54. The van der Waals surface area contributed by atoms with Crippen LogP contribution < -0.4 is 0 Å². The molecule has 1 aliphatic heterocycles. The summed E-state index contributed by atoms with van der Waals surface area (Å²) in [5, 5.41) is 9.55. The third-order valence-corrected chi connectivity index (χ3v) is 5.29. The number of phenolic OH excluding ortho intramolecular Hbond substituents is 1. The minimum Gasteiger partial charge on any atom is -0.508 e. The quantitative estimate of drug-likeness (QED) is 0.340. The average Bonchev–Trinajstić information content (AvgIpc) is 3.07. The molecule has 1 N–H and O–H groups in total. The highest BCUT2D eigenvalue weighted by Gasteiger charge is 2.43. The molecule has 1 aliphatic rings. The van der Waals surface area contributed by atoms with Gasteiger partial charge < -0.3 is 9.84 Å². The first kappa shape index (κ1) is 22.0. The number of aliphatic imine (C=N–C) groups is 1. The van der Waals surface area contributed by atoms with E-state index >= 15 is 0 Å². The summed E-state index contributed by atoms with van der Waals surface area (Å²) in [5.41, 5.74) is 2.75. The number of aromatic hydroxyl groups is 1. The van der Waals surface area contributed by atoms with Crippen molar-refractivity contribution >= 4 is 29.7 Å². The Labute approximate surface area is 191 Å². The Hall–Kier alpha value is -4.26. The number of hydrogen-bond donors (Lipinski definition) is 1. The molecule has 0 aliphatic carbocycles. The molecule has 166 valence electrons. The van der Waals surface area contributed by atoms with E-state index in [1.807, 2.05) is 6.07 Å². The Morgan fingerprint density at radius 3 is 2.27 bits per heavy atom. The third-order valence-electron chi connectivity index (χ3n) is 5.29. The van der Waals surface area contributed by atoms with Crippen molar-refractivity contribution in [2.75, 3.05) is 6.61 Å². The van der Waals surface area contributed by atoms with E-state index < -0.39 is 23.8 Å². The summed E-state index contributed by atoms with van der Waals surface area (Å²) >= 11 is 0. The number of carbonyl (C=O) groups excluding carboxylic acids is 3. The van der Waals surface area contributed by atoms with Crippen molar-refractivity contribution in [2.45, 2.75) is 19.4 Å². The van der Waals surface area contributed by atoms with E-state index in [4.69, 9.17) is 4.74 Å². The van der Waals surface area contributed by atoms with Crippen molar-refractivity contribution in [1.29, 1.82) is 0 Å². The van der Waals surface area contributed by atoms with Gasteiger partial charge in [0.25, 0.3) is 11.8 Å². The van der Waals surface area contributed by atoms with Gasteiger partial charge in [-0.2, -0.15) is 0 Å². The van der Waals surface area contributed by atoms with E-state index in [0.717, 1.165) is 16.0 Å². The summed E-state index contributed by atoms with van der Waals surface area (Å²) in [6.45, 7) is 1.82. The Morgan fingerprint density at radius 1 is 1.00 bits per heavy atom. The summed E-state index contributed by atoms with van der Waals surface area (Å²) in [7, 11) is 0. The van der Waals surface area contributed by atoms with Gasteiger partial charge in [-0.15, -0.1) is 0 Å². The van der Waals surface area contributed by atoms with Crippen LogP contribution in [0.2, 0.25) is 0 Å². The number of rotatable bonds is 7. The van der Waals surface area contributed by atoms with Crippen LogP contribution in [0.25, 0.3) is 0 Å². The first-order valence-corrected chi connectivity index (χ1v) is 10.5. The Kier molecular flexibility index (Phi) is 6.31. The number of esters is 1. The van der Waals surface area contributed by atoms with E-state index in [0.29, 0.717) is 5.69 Å². The lowest BCUT2D eigenvalue weighted by Crippen LogP contribution is -2.47. The van der Waals surface area contributed by atoms with Crippen LogP contribution in [-0.4, -0.2) is 46.7 Å². The maximum Gasteiger partial charge on any atom is 0.329 e. The Morgan fingerprint density at radius 2 is 1.67 bits per heavy atom. The van der Waals surface area contributed by atoms with E-state index in [-0.39, 0.29) is 29.9 Å². The molecule has 0 radical (unpaired) electrons. The van der Waals surface area contributed by atoms with Gasteiger partial charge in [0.1, 0.15) is 11.8 Å². The number of fused-ring (bicyclic) bond motifs is 1. The lowest BCUT2D eigenvalue weighted by atomic mass is 10.0. The maximum absolute atomic E-state index is 12.9. The van der Waals surface area contributed by atoms with Gasteiger partial charge >= 0.3 is 5.97 Å². The van der Waals surface area contributed by atoms with E-state index in [1.165, 1.54) is 0 Å². The van der Waals surface area contributed by atoms with Crippen LogP contribution in [0.4, 0.5) is 5.69 Å². The molecule has 4 rings (SSSR count). The molecule has 1 heterocycles. The molecule has 1 atom stereocenters. The van der Waals surface area contributed by atoms with Crippen molar-refractivity contribution in [1.82, 2.24) is 4.90 Å². The molecule has 0 bridgehead atoms. The van der Waals surface area contributed by atoms with Crippen molar-refractivity contribution in [2.24, 2.45) is 4.99 Å². The second-order valence-corrected chi connectivity index (χ2v) is 7.52. The van der Waals surface area contributed by atoms with E-state index in [2.05, 4.69) is 4.99 Å². The molecule has 3 aromatic carbocycles. The molecule has 0 aromatic heterocycles. The summed E-state index contributed by atoms with van der Waals surface area (Å²) in [4.78, 5) is 43.9. The van der Waals surface area contributed by atoms with Crippen LogP contribution in [-0.2, 0) is 16.0 Å². The highest BCUT2D eigenvalue weighted by atomic mass is 16.5. The number of carbonyl (C=O) groups is 3. The molecule has 3 aromatic rings. The van der Waals surface area contributed by atoms with E-state index in [1.54, 1.807) is 79.9 Å². The van der Waals surface area contributed by atoms with Gasteiger partial charge in [0.2, 0.25) is 0 Å². The molecule has 0 unspecified atom stereocenters. The molecule has 0 saturated carbocycles. The summed E-state index contributed by atoms with van der Waals surface area (Å²) < 4.78 is 5.18. The van der Waals surface area contributed by atoms with Gasteiger partial charge in [-0.25, -0.2) is 4.79 Å². The number of benzene rings is 3. The first-order valence-electron chi connectivity index (χ1n) is 10.5. The smallest absolute Gasteiger partial charge is 0.329 e. The number of ether oxygens (including phenoxy) is 1. The topological polar surface area (TPSA) is 96.3 Å². The molecule has 33 heavy (non-hydrogen) atoms. The second kappa shape index (κ2) is 9.48. The summed E-state index contributed by atoms with van der Waals surface area (Å²) in [6.07, 6.45) is 1.76. The van der Waals surface area contributed by atoms with Crippen molar-refractivity contribution in [3.05, 3.63) is 95.1 Å².